The SMILES string of the molecule is CC(C)OCC(=O)Nc1cnn(C(C)C)c1. The van der Waals surface area contributed by atoms with E-state index in [1.54, 1.807) is 17.1 Å². The second-order valence-electron chi connectivity index (χ2n) is 4.21. The van der Waals surface area contributed by atoms with Crippen molar-refractivity contribution in [1.82, 2.24) is 9.78 Å². The third-order valence-electron chi connectivity index (χ3n) is 1.96. The second kappa shape index (κ2) is 5.65. The molecule has 5 heteroatoms. The highest BCUT2D eigenvalue weighted by molar-refractivity contribution is 5.91. The minimum absolute atomic E-state index is 0.0594. The van der Waals surface area contributed by atoms with Gasteiger partial charge >= 0.3 is 0 Å². The van der Waals surface area contributed by atoms with Crippen molar-refractivity contribution in [3.8, 4) is 0 Å². The summed E-state index contributed by atoms with van der Waals surface area (Å²) in [5.74, 6) is -0.156. The van der Waals surface area contributed by atoms with E-state index < -0.39 is 0 Å². The maximum absolute atomic E-state index is 11.4. The smallest absolute Gasteiger partial charge is 0.250 e. The van der Waals surface area contributed by atoms with E-state index in [1.807, 2.05) is 27.7 Å². The van der Waals surface area contributed by atoms with Crippen LogP contribution in [0, 0.1) is 0 Å². The van der Waals surface area contributed by atoms with Gasteiger partial charge in [-0.2, -0.15) is 5.10 Å². The van der Waals surface area contributed by atoms with Crippen LogP contribution in [-0.4, -0.2) is 28.4 Å². The molecule has 90 valence electrons. The molecule has 0 bridgehead atoms. The first kappa shape index (κ1) is 12.7. The molecule has 0 fully saturated rings. The number of ether oxygens (including phenoxy) is 1. The Bertz CT molecular complexity index is 345. The van der Waals surface area contributed by atoms with Gasteiger partial charge in [-0.25, -0.2) is 0 Å². The summed E-state index contributed by atoms with van der Waals surface area (Å²) in [6.07, 6.45) is 3.50. The van der Waals surface area contributed by atoms with Gasteiger partial charge in [0.2, 0.25) is 5.91 Å². The fourth-order valence-electron chi connectivity index (χ4n) is 1.12. The van der Waals surface area contributed by atoms with Gasteiger partial charge in [-0.15, -0.1) is 0 Å². The summed E-state index contributed by atoms with van der Waals surface area (Å²) in [5, 5.41) is 6.85. The fraction of sp³-hybridized carbons (Fsp3) is 0.636. The third-order valence-corrected chi connectivity index (χ3v) is 1.96. The molecule has 16 heavy (non-hydrogen) atoms. The Balaban J connectivity index is 2.43. The van der Waals surface area contributed by atoms with Crippen molar-refractivity contribution in [2.24, 2.45) is 0 Å². The number of nitrogens with one attached hydrogen (secondary N) is 1. The van der Waals surface area contributed by atoms with Crippen LogP contribution in [0.3, 0.4) is 0 Å². The summed E-state index contributed by atoms with van der Waals surface area (Å²) in [4.78, 5) is 11.4. The number of aromatic nitrogens is 2. The fourth-order valence-corrected chi connectivity index (χ4v) is 1.12. The number of rotatable bonds is 5. The summed E-state index contributed by atoms with van der Waals surface area (Å²) in [5.41, 5.74) is 0.700. The quantitative estimate of drug-likeness (QED) is 0.831. The van der Waals surface area contributed by atoms with E-state index in [-0.39, 0.29) is 24.7 Å². The Labute approximate surface area is 95.8 Å². The molecule has 1 aromatic heterocycles. The molecule has 0 radical (unpaired) electrons. The zero-order valence-corrected chi connectivity index (χ0v) is 10.2. The van der Waals surface area contributed by atoms with Crippen LogP contribution in [-0.2, 0) is 9.53 Å². The minimum Gasteiger partial charge on any atom is -0.369 e. The summed E-state index contributed by atoms with van der Waals surface area (Å²) in [6.45, 7) is 7.92. The summed E-state index contributed by atoms with van der Waals surface area (Å²) in [7, 11) is 0. The average molecular weight is 225 g/mol. The van der Waals surface area contributed by atoms with E-state index in [0.717, 1.165) is 0 Å². The number of hydrogen-bond donors (Lipinski definition) is 1. The molecule has 0 aliphatic heterocycles. The van der Waals surface area contributed by atoms with Crippen LogP contribution in [0.25, 0.3) is 0 Å². The van der Waals surface area contributed by atoms with Crippen LogP contribution in [0.2, 0.25) is 0 Å². The molecule has 1 rings (SSSR count). The van der Waals surface area contributed by atoms with E-state index in [9.17, 15) is 4.79 Å². The van der Waals surface area contributed by atoms with Gasteiger partial charge in [-0.1, -0.05) is 0 Å². The number of carbonyl (C=O) groups excluding carboxylic acids is 1. The maximum Gasteiger partial charge on any atom is 0.250 e. The van der Waals surface area contributed by atoms with Crippen molar-refractivity contribution in [3.05, 3.63) is 12.4 Å². The zero-order chi connectivity index (χ0) is 12.1. The molecule has 1 amide bonds. The lowest BCUT2D eigenvalue weighted by Gasteiger charge is -2.07. The predicted octanol–water partition coefficient (Wildman–Crippen LogP) is 1.83. The van der Waals surface area contributed by atoms with Crippen LogP contribution >= 0.6 is 0 Å². The molecule has 0 unspecified atom stereocenters. The molecule has 0 aliphatic carbocycles. The lowest BCUT2D eigenvalue weighted by atomic mass is 10.4. The van der Waals surface area contributed by atoms with E-state index in [0.29, 0.717) is 5.69 Å². The molecule has 1 aromatic rings. The van der Waals surface area contributed by atoms with Crippen molar-refractivity contribution in [3.63, 3.8) is 0 Å². The van der Waals surface area contributed by atoms with Gasteiger partial charge in [-0.3, -0.25) is 9.48 Å². The Morgan fingerprint density at radius 2 is 2.19 bits per heavy atom. The summed E-state index contributed by atoms with van der Waals surface area (Å²) >= 11 is 0. The second-order valence-corrected chi connectivity index (χ2v) is 4.21. The molecule has 1 N–H and O–H groups in total. The van der Waals surface area contributed by atoms with E-state index >= 15 is 0 Å². The monoisotopic (exact) mass is 225 g/mol. The van der Waals surface area contributed by atoms with Crippen molar-refractivity contribution in [2.45, 2.75) is 39.8 Å². The molecule has 0 aromatic carbocycles. The Kier molecular flexibility index (Phi) is 4.49. The summed E-state index contributed by atoms with van der Waals surface area (Å²) < 4.78 is 6.98. The molecular weight excluding hydrogens is 206 g/mol. The number of carbonyl (C=O) groups is 1. The number of anilines is 1. The first-order valence-corrected chi connectivity index (χ1v) is 5.44. The largest absolute Gasteiger partial charge is 0.369 e. The molecule has 0 atom stereocenters. The number of amides is 1. The third kappa shape index (κ3) is 4.02. The van der Waals surface area contributed by atoms with Gasteiger partial charge in [0, 0.05) is 12.2 Å². The lowest BCUT2D eigenvalue weighted by molar-refractivity contribution is -0.121. The van der Waals surface area contributed by atoms with Crippen molar-refractivity contribution in [1.29, 1.82) is 0 Å². The zero-order valence-electron chi connectivity index (χ0n) is 10.2. The van der Waals surface area contributed by atoms with Gasteiger partial charge in [0.05, 0.1) is 18.0 Å². The van der Waals surface area contributed by atoms with Gasteiger partial charge < -0.3 is 10.1 Å². The van der Waals surface area contributed by atoms with Gasteiger partial charge in [-0.05, 0) is 27.7 Å². The highest BCUT2D eigenvalue weighted by atomic mass is 16.5. The van der Waals surface area contributed by atoms with Crippen molar-refractivity contribution < 1.29 is 9.53 Å². The van der Waals surface area contributed by atoms with Crippen LogP contribution in [0.4, 0.5) is 5.69 Å². The van der Waals surface area contributed by atoms with Crippen LogP contribution in [0.1, 0.15) is 33.7 Å². The van der Waals surface area contributed by atoms with Gasteiger partial charge in [0.1, 0.15) is 6.61 Å². The number of nitrogens with zero attached hydrogens (tertiary/aromatic N) is 2. The molecule has 0 aliphatic rings. The van der Waals surface area contributed by atoms with E-state index in [1.165, 1.54) is 0 Å². The average Bonchev–Trinajstić information content (AvgIpc) is 2.63. The first-order chi connectivity index (χ1) is 7.49. The molecule has 5 nitrogen and oxygen atoms in total. The van der Waals surface area contributed by atoms with Crippen LogP contribution in [0.5, 0.6) is 0 Å². The molecule has 0 spiro atoms. The van der Waals surface area contributed by atoms with Gasteiger partial charge in [0.25, 0.3) is 0 Å². The topological polar surface area (TPSA) is 56.1 Å². The van der Waals surface area contributed by atoms with E-state index in [2.05, 4.69) is 10.4 Å². The normalized spacial score (nSPS) is 11.1. The van der Waals surface area contributed by atoms with E-state index in [4.69, 9.17) is 4.74 Å². The Morgan fingerprint density at radius 1 is 1.50 bits per heavy atom. The molecule has 1 heterocycles. The Morgan fingerprint density at radius 3 is 2.69 bits per heavy atom. The summed E-state index contributed by atoms with van der Waals surface area (Å²) in [6, 6.07) is 0.289. The van der Waals surface area contributed by atoms with Crippen LogP contribution in [0.15, 0.2) is 12.4 Å². The highest BCUT2D eigenvalue weighted by Gasteiger charge is 2.06. The standard InChI is InChI=1S/C11H19N3O2/c1-8(2)14-6-10(5-12-14)13-11(15)7-16-9(3)4/h5-6,8-9H,7H2,1-4H3,(H,13,15). The molecule has 0 saturated heterocycles. The lowest BCUT2D eigenvalue weighted by Crippen LogP contribution is -2.20. The van der Waals surface area contributed by atoms with Crippen molar-refractivity contribution >= 4 is 11.6 Å². The molecular formula is C11H19N3O2. The predicted molar refractivity (Wildman–Crippen MR) is 62.3 cm³/mol. The van der Waals surface area contributed by atoms with Gasteiger partial charge in [0.15, 0.2) is 0 Å². The minimum atomic E-state index is -0.156. The highest BCUT2D eigenvalue weighted by Crippen LogP contribution is 2.09. The van der Waals surface area contributed by atoms with Crippen molar-refractivity contribution in [2.75, 3.05) is 11.9 Å². The molecule has 0 saturated carbocycles. The maximum atomic E-state index is 11.4. The van der Waals surface area contributed by atoms with Crippen LogP contribution < -0.4 is 5.32 Å². The first-order valence-electron chi connectivity index (χ1n) is 5.44. The Hall–Kier alpha value is -1.36. The number of hydrogen-bond acceptors (Lipinski definition) is 3.